The van der Waals surface area contributed by atoms with Crippen LogP contribution in [-0.4, -0.2) is 29.6 Å². The Morgan fingerprint density at radius 2 is 2.11 bits per heavy atom. The summed E-state index contributed by atoms with van der Waals surface area (Å²) < 4.78 is 6.56. The quantitative estimate of drug-likeness (QED) is 0.611. The van der Waals surface area contributed by atoms with Crippen molar-refractivity contribution in [3.05, 3.63) is 49.5 Å². The number of nitrogens with zero attached hydrogens (tertiary/aromatic N) is 3. The lowest BCUT2D eigenvalue weighted by Crippen LogP contribution is -2.35. The zero-order chi connectivity index (χ0) is 20.7. The van der Waals surface area contributed by atoms with Gasteiger partial charge in [0.1, 0.15) is 0 Å². The van der Waals surface area contributed by atoms with E-state index < -0.39 is 18.5 Å². The second-order valence-electron chi connectivity index (χ2n) is 6.09. The standard InChI is InChI=1S/C19H20ClN3O4S/c1-13-10-15(4-5-16(13)20)23(8-3-7-21)17(24)11-27-18(25)6-9-22-14(2)12-28-19(22)26/h4-5,10,12H,3,6,8-9,11H2,1-2H3. The normalized spacial score (nSPS) is 10.4. The number of nitriles is 1. The first kappa shape index (κ1) is 21.7. The van der Waals surface area contributed by atoms with Gasteiger partial charge in [-0.25, -0.2) is 0 Å². The highest BCUT2D eigenvalue weighted by atomic mass is 35.5. The molecule has 0 saturated heterocycles. The van der Waals surface area contributed by atoms with Gasteiger partial charge in [0.2, 0.25) is 0 Å². The molecule has 0 aliphatic rings. The molecule has 1 amide bonds. The number of anilines is 1. The maximum atomic E-state index is 12.5. The number of hydrogen-bond acceptors (Lipinski definition) is 6. The van der Waals surface area contributed by atoms with Crippen molar-refractivity contribution < 1.29 is 14.3 Å². The number of hydrogen-bond donors (Lipinski definition) is 0. The Balaban J connectivity index is 1.97. The van der Waals surface area contributed by atoms with Crippen LogP contribution in [0.25, 0.3) is 0 Å². The van der Waals surface area contributed by atoms with E-state index in [0.29, 0.717) is 10.7 Å². The van der Waals surface area contributed by atoms with Crippen molar-refractivity contribution in [3.8, 4) is 6.07 Å². The van der Waals surface area contributed by atoms with Crippen molar-refractivity contribution in [3.63, 3.8) is 0 Å². The summed E-state index contributed by atoms with van der Waals surface area (Å²) in [6.45, 7) is 3.54. The highest BCUT2D eigenvalue weighted by Crippen LogP contribution is 2.23. The number of aryl methyl sites for hydroxylation is 2. The Labute approximate surface area is 171 Å². The fraction of sp³-hybridized carbons (Fsp3) is 0.368. The molecule has 0 aliphatic heterocycles. The zero-order valence-electron chi connectivity index (χ0n) is 15.6. The summed E-state index contributed by atoms with van der Waals surface area (Å²) in [6.07, 6.45) is 0.130. The fourth-order valence-corrected chi connectivity index (χ4v) is 3.41. The number of carbonyl (C=O) groups is 2. The molecular weight excluding hydrogens is 402 g/mol. The highest BCUT2D eigenvalue weighted by molar-refractivity contribution is 7.07. The number of ether oxygens (including phenoxy) is 1. The minimum absolute atomic E-state index is 0.0109. The maximum absolute atomic E-state index is 12.5. The molecule has 1 heterocycles. The number of thiazole rings is 1. The number of amides is 1. The minimum atomic E-state index is -0.571. The maximum Gasteiger partial charge on any atom is 0.308 e. The van der Waals surface area contributed by atoms with E-state index >= 15 is 0 Å². The predicted octanol–water partition coefficient (Wildman–Crippen LogP) is 3.06. The summed E-state index contributed by atoms with van der Waals surface area (Å²) in [6, 6.07) is 7.09. The van der Waals surface area contributed by atoms with E-state index in [-0.39, 0.29) is 30.8 Å². The van der Waals surface area contributed by atoms with Crippen LogP contribution in [-0.2, 0) is 20.9 Å². The number of benzene rings is 1. The molecule has 2 aromatic rings. The summed E-state index contributed by atoms with van der Waals surface area (Å²) in [5.74, 6) is -1.01. The minimum Gasteiger partial charge on any atom is -0.455 e. The van der Waals surface area contributed by atoms with Crippen LogP contribution in [0.5, 0.6) is 0 Å². The smallest absolute Gasteiger partial charge is 0.308 e. The number of halogens is 1. The molecule has 0 aliphatic carbocycles. The molecule has 7 nitrogen and oxygen atoms in total. The van der Waals surface area contributed by atoms with Gasteiger partial charge in [-0.15, -0.1) is 0 Å². The van der Waals surface area contributed by atoms with Crippen LogP contribution in [0.2, 0.25) is 5.02 Å². The molecule has 28 heavy (non-hydrogen) atoms. The van der Waals surface area contributed by atoms with E-state index in [1.165, 1.54) is 9.47 Å². The monoisotopic (exact) mass is 421 g/mol. The van der Waals surface area contributed by atoms with E-state index in [4.69, 9.17) is 21.6 Å². The fourth-order valence-electron chi connectivity index (χ4n) is 2.53. The van der Waals surface area contributed by atoms with Crippen molar-refractivity contribution in [2.45, 2.75) is 33.2 Å². The summed E-state index contributed by atoms with van der Waals surface area (Å²) >= 11 is 7.09. The molecule has 0 spiro atoms. The molecule has 148 valence electrons. The molecule has 0 unspecified atom stereocenters. The average molecular weight is 422 g/mol. The first-order valence-corrected chi connectivity index (χ1v) is 9.83. The Morgan fingerprint density at radius 3 is 2.71 bits per heavy atom. The lowest BCUT2D eigenvalue weighted by molar-refractivity contribution is -0.148. The molecule has 1 aromatic heterocycles. The molecule has 1 aromatic carbocycles. The van der Waals surface area contributed by atoms with Crippen molar-refractivity contribution in [2.75, 3.05) is 18.1 Å². The largest absolute Gasteiger partial charge is 0.455 e. The second-order valence-corrected chi connectivity index (χ2v) is 7.32. The van der Waals surface area contributed by atoms with E-state index in [9.17, 15) is 14.4 Å². The molecule has 0 N–H and O–H groups in total. The molecular formula is C19H20ClN3O4S. The summed E-state index contributed by atoms with van der Waals surface area (Å²) in [5, 5.41) is 11.1. The third kappa shape index (κ3) is 5.68. The van der Waals surface area contributed by atoms with Crippen molar-refractivity contribution in [1.82, 2.24) is 4.57 Å². The van der Waals surface area contributed by atoms with Crippen LogP contribution in [0.15, 0.2) is 28.4 Å². The van der Waals surface area contributed by atoms with Gasteiger partial charge in [0.05, 0.1) is 18.9 Å². The SMILES string of the molecule is Cc1cc(N(CCC#N)C(=O)COC(=O)CCn2c(C)csc2=O)ccc1Cl. The van der Waals surface area contributed by atoms with Gasteiger partial charge >= 0.3 is 10.8 Å². The Hall–Kier alpha value is -2.63. The highest BCUT2D eigenvalue weighted by Gasteiger charge is 2.18. The van der Waals surface area contributed by atoms with Crippen LogP contribution < -0.4 is 9.77 Å². The average Bonchev–Trinajstić information content (AvgIpc) is 2.99. The second kappa shape index (κ2) is 10.1. The lowest BCUT2D eigenvalue weighted by atomic mass is 10.2. The van der Waals surface area contributed by atoms with Gasteiger partial charge in [-0.05, 0) is 37.6 Å². The van der Waals surface area contributed by atoms with Crippen molar-refractivity contribution >= 4 is 40.5 Å². The molecule has 0 radical (unpaired) electrons. The Bertz CT molecular complexity index is 961. The van der Waals surface area contributed by atoms with Crippen LogP contribution in [0.4, 0.5) is 5.69 Å². The van der Waals surface area contributed by atoms with Crippen LogP contribution >= 0.6 is 22.9 Å². The van der Waals surface area contributed by atoms with Crippen molar-refractivity contribution in [2.24, 2.45) is 0 Å². The van der Waals surface area contributed by atoms with Gasteiger partial charge < -0.3 is 14.2 Å². The summed E-state index contributed by atoms with van der Waals surface area (Å²) in [5.41, 5.74) is 2.15. The van der Waals surface area contributed by atoms with E-state index in [1.54, 1.807) is 30.5 Å². The van der Waals surface area contributed by atoms with Crippen molar-refractivity contribution in [1.29, 1.82) is 5.26 Å². The molecule has 2 rings (SSSR count). The number of rotatable bonds is 8. The lowest BCUT2D eigenvalue weighted by Gasteiger charge is -2.22. The number of aromatic nitrogens is 1. The summed E-state index contributed by atoms with van der Waals surface area (Å²) in [7, 11) is 0. The van der Waals surface area contributed by atoms with Gasteiger partial charge in [-0.1, -0.05) is 22.9 Å². The van der Waals surface area contributed by atoms with E-state index in [1.807, 2.05) is 13.0 Å². The van der Waals surface area contributed by atoms with Gasteiger partial charge in [-0.3, -0.25) is 14.4 Å². The summed E-state index contributed by atoms with van der Waals surface area (Å²) in [4.78, 5) is 37.4. The van der Waals surface area contributed by atoms with Gasteiger partial charge in [0.25, 0.3) is 5.91 Å². The van der Waals surface area contributed by atoms with Gasteiger partial charge in [0, 0.05) is 34.9 Å². The first-order valence-electron chi connectivity index (χ1n) is 8.57. The van der Waals surface area contributed by atoms with E-state index in [2.05, 4.69) is 0 Å². The first-order chi connectivity index (χ1) is 13.3. The predicted molar refractivity (Wildman–Crippen MR) is 108 cm³/mol. The zero-order valence-corrected chi connectivity index (χ0v) is 17.2. The third-order valence-electron chi connectivity index (χ3n) is 4.07. The molecule has 0 atom stereocenters. The number of carbonyl (C=O) groups excluding carboxylic acids is 2. The molecule has 9 heteroatoms. The third-order valence-corrected chi connectivity index (χ3v) is 5.38. The Kier molecular flexibility index (Phi) is 7.79. The van der Waals surface area contributed by atoms with Crippen LogP contribution in [0.3, 0.4) is 0 Å². The van der Waals surface area contributed by atoms with Crippen LogP contribution in [0.1, 0.15) is 24.1 Å². The molecule has 0 saturated carbocycles. The number of esters is 1. The van der Waals surface area contributed by atoms with Gasteiger partial charge in [-0.2, -0.15) is 5.26 Å². The molecule has 0 bridgehead atoms. The topological polar surface area (TPSA) is 92.4 Å². The van der Waals surface area contributed by atoms with Crippen LogP contribution in [0, 0.1) is 25.2 Å². The molecule has 0 fully saturated rings. The van der Waals surface area contributed by atoms with E-state index in [0.717, 1.165) is 22.6 Å². The Morgan fingerprint density at radius 1 is 1.36 bits per heavy atom. The van der Waals surface area contributed by atoms with Gasteiger partial charge in [0.15, 0.2) is 6.61 Å².